The van der Waals surface area contributed by atoms with E-state index in [0.717, 1.165) is 16.2 Å². The summed E-state index contributed by atoms with van der Waals surface area (Å²) in [6.45, 7) is 4.35. The summed E-state index contributed by atoms with van der Waals surface area (Å²) in [4.78, 5) is 1.95. The first-order chi connectivity index (χ1) is 9.72. The number of hydrogen-bond donors (Lipinski definition) is 2. The van der Waals surface area contributed by atoms with E-state index >= 15 is 0 Å². The fourth-order valence-electron chi connectivity index (χ4n) is 1.69. The predicted octanol–water partition coefficient (Wildman–Crippen LogP) is 2.70. The number of hydrogen-bond acceptors (Lipinski definition) is 5. The lowest BCUT2D eigenvalue weighted by atomic mass is 9.92. The largest absolute Gasteiger partial charge is 0.389 e. The Balaban J connectivity index is 2.12. The van der Waals surface area contributed by atoms with Crippen LogP contribution in [0.2, 0.25) is 0 Å². The third kappa shape index (κ3) is 3.89. The lowest BCUT2D eigenvalue weighted by Crippen LogP contribution is -2.35. The molecule has 0 atom stereocenters. The van der Waals surface area contributed by atoms with Gasteiger partial charge in [-0.3, -0.25) is 0 Å². The van der Waals surface area contributed by atoms with E-state index in [2.05, 4.69) is 4.72 Å². The Morgan fingerprint density at radius 1 is 1.38 bits per heavy atom. The van der Waals surface area contributed by atoms with Gasteiger partial charge in [0.15, 0.2) is 0 Å². The molecule has 114 valence electrons. The average Bonchev–Trinajstić information content (AvgIpc) is 3.07. The first-order valence-corrected chi connectivity index (χ1v) is 9.74. The summed E-state index contributed by atoms with van der Waals surface area (Å²) in [6, 6.07) is 7.13. The molecule has 4 nitrogen and oxygen atoms in total. The molecule has 3 N–H and O–H groups in total. The maximum atomic E-state index is 12.3. The number of rotatable bonds is 6. The number of nitrogens with two attached hydrogens (primary N) is 1. The van der Waals surface area contributed by atoms with Crippen molar-refractivity contribution in [1.82, 2.24) is 4.72 Å². The topological polar surface area (TPSA) is 72.2 Å². The third-order valence-electron chi connectivity index (χ3n) is 2.98. The van der Waals surface area contributed by atoms with E-state index in [4.69, 9.17) is 18.0 Å². The highest BCUT2D eigenvalue weighted by molar-refractivity contribution is 7.91. The van der Waals surface area contributed by atoms with Crippen LogP contribution in [0.15, 0.2) is 33.9 Å². The molecule has 8 heteroatoms. The van der Waals surface area contributed by atoms with Crippen LogP contribution in [0.5, 0.6) is 0 Å². The highest BCUT2D eigenvalue weighted by Gasteiger charge is 2.26. The second kappa shape index (κ2) is 6.13. The Morgan fingerprint density at radius 3 is 2.62 bits per heavy atom. The van der Waals surface area contributed by atoms with E-state index in [1.165, 1.54) is 6.07 Å². The lowest BCUT2D eigenvalue weighted by molar-refractivity contribution is 0.510. The first kappa shape index (κ1) is 16.6. The van der Waals surface area contributed by atoms with E-state index in [9.17, 15) is 8.42 Å². The second-order valence-corrected chi connectivity index (χ2v) is 9.63. The van der Waals surface area contributed by atoms with Crippen molar-refractivity contribution >= 4 is 49.9 Å². The molecule has 0 aliphatic carbocycles. The standard InChI is InChI=1S/C13H16N2O2S4/c1-13(2,10-4-3-7-19-10)8-15-21(16,17)11-6-5-9(20-11)12(14)18/h3-7,15H,8H2,1-2H3,(H2,14,18). The van der Waals surface area contributed by atoms with Crippen LogP contribution in [0.4, 0.5) is 0 Å². The van der Waals surface area contributed by atoms with Crippen molar-refractivity contribution in [3.05, 3.63) is 39.4 Å². The SMILES string of the molecule is CC(C)(CNS(=O)(=O)c1ccc(C(N)=S)s1)c1cccs1. The van der Waals surface area contributed by atoms with Gasteiger partial charge in [0.05, 0.1) is 4.88 Å². The van der Waals surface area contributed by atoms with Crippen LogP contribution in [0.3, 0.4) is 0 Å². The Labute approximate surface area is 138 Å². The van der Waals surface area contributed by atoms with Gasteiger partial charge >= 0.3 is 0 Å². The fourth-order valence-corrected chi connectivity index (χ4v) is 5.15. The van der Waals surface area contributed by atoms with E-state index in [1.54, 1.807) is 17.4 Å². The van der Waals surface area contributed by atoms with Crippen LogP contribution in [0.25, 0.3) is 0 Å². The number of thiocarbonyl (C=S) groups is 1. The number of thiophene rings is 2. The molecule has 2 aromatic rings. The Kier molecular flexibility index (Phi) is 4.84. The van der Waals surface area contributed by atoms with Crippen LogP contribution in [0.1, 0.15) is 23.6 Å². The smallest absolute Gasteiger partial charge is 0.250 e. The van der Waals surface area contributed by atoms with Crippen molar-refractivity contribution < 1.29 is 8.42 Å². The molecule has 0 aliphatic heterocycles. The van der Waals surface area contributed by atoms with Crippen molar-refractivity contribution in [3.8, 4) is 0 Å². The molecule has 2 aromatic heterocycles. The first-order valence-electron chi connectivity index (χ1n) is 6.16. The van der Waals surface area contributed by atoms with Gasteiger partial charge in [0.25, 0.3) is 0 Å². The highest BCUT2D eigenvalue weighted by atomic mass is 32.2. The normalized spacial score (nSPS) is 12.5. The summed E-state index contributed by atoms with van der Waals surface area (Å²) in [5.41, 5.74) is 5.25. The molecule has 2 heterocycles. The van der Waals surface area contributed by atoms with Gasteiger partial charge in [-0.2, -0.15) is 0 Å². The lowest BCUT2D eigenvalue weighted by Gasteiger charge is -2.23. The summed E-state index contributed by atoms with van der Waals surface area (Å²) in [7, 11) is -3.54. The summed E-state index contributed by atoms with van der Waals surface area (Å²) in [5.74, 6) is 0. The highest BCUT2D eigenvalue weighted by Crippen LogP contribution is 2.28. The quantitative estimate of drug-likeness (QED) is 0.777. The molecule has 21 heavy (non-hydrogen) atoms. The van der Waals surface area contributed by atoms with E-state index in [-0.39, 0.29) is 14.6 Å². The zero-order valence-electron chi connectivity index (χ0n) is 11.6. The predicted molar refractivity (Wildman–Crippen MR) is 92.7 cm³/mol. The van der Waals surface area contributed by atoms with Gasteiger partial charge in [-0.15, -0.1) is 22.7 Å². The summed E-state index contributed by atoms with van der Waals surface area (Å²) in [6.07, 6.45) is 0. The van der Waals surface area contributed by atoms with Crippen LogP contribution >= 0.6 is 34.9 Å². The molecule has 0 radical (unpaired) electrons. The molecule has 0 bridgehead atoms. The van der Waals surface area contributed by atoms with Crippen LogP contribution in [0, 0.1) is 0 Å². The molecule has 0 aliphatic rings. The molecule has 0 unspecified atom stereocenters. The summed E-state index contributed by atoms with van der Waals surface area (Å²) >= 11 is 7.55. The zero-order chi connectivity index (χ0) is 15.7. The minimum absolute atomic E-state index is 0.209. The van der Waals surface area contributed by atoms with Crippen molar-refractivity contribution in [2.24, 2.45) is 5.73 Å². The summed E-state index contributed by atoms with van der Waals surface area (Å²) in [5, 5.41) is 1.99. The maximum absolute atomic E-state index is 12.3. The maximum Gasteiger partial charge on any atom is 0.250 e. The van der Waals surface area contributed by atoms with E-state index in [0.29, 0.717) is 11.4 Å². The molecule has 0 aromatic carbocycles. The molecule has 0 fully saturated rings. The van der Waals surface area contributed by atoms with Crippen LogP contribution in [-0.2, 0) is 15.4 Å². The minimum Gasteiger partial charge on any atom is -0.389 e. The van der Waals surface area contributed by atoms with Crippen molar-refractivity contribution in [3.63, 3.8) is 0 Å². The second-order valence-electron chi connectivity index (χ2n) is 5.17. The molecule has 0 spiro atoms. The van der Waals surface area contributed by atoms with Crippen LogP contribution < -0.4 is 10.5 Å². The average molecular weight is 361 g/mol. The Hall–Kier alpha value is -0.800. The number of nitrogens with one attached hydrogen (secondary N) is 1. The Morgan fingerprint density at radius 2 is 2.10 bits per heavy atom. The molecular weight excluding hydrogens is 344 g/mol. The van der Waals surface area contributed by atoms with Gasteiger partial charge in [0, 0.05) is 16.8 Å². The van der Waals surface area contributed by atoms with Crippen molar-refractivity contribution in [1.29, 1.82) is 0 Å². The van der Waals surface area contributed by atoms with Gasteiger partial charge in [-0.05, 0) is 23.6 Å². The molecule has 0 amide bonds. The number of sulfonamides is 1. The van der Waals surface area contributed by atoms with E-state index < -0.39 is 10.0 Å². The zero-order valence-corrected chi connectivity index (χ0v) is 14.9. The van der Waals surface area contributed by atoms with E-state index in [1.807, 2.05) is 31.4 Å². The fraction of sp³-hybridized carbons (Fsp3) is 0.308. The van der Waals surface area contributed by atoms with Gasteiger partial charge in [-0.25, -0.2) is 13.1 Å². The van der Waals surface area contributed by atoms with Gasteiger partial charge in [0.2, 0.25) is 10.0 Å². The van der Waals surface area contributed by atoms with Gasteiger partial charge < -0.3 is 5.73 Å². The minimum atomic E-state index is -3.54. The van der Waals surface area contributed by atoms with Crippen LogP contribution in [-0.4, -0.2) is 20.0 Å². The van der Waals surface area contributed by atoms with Crippen molar-refractivity contribution in [2.45, 2.75) is 23.5 Å². The van der Waals surface area contributed by atoms with Gasteiger partial charge in [0.1, 0.15) is 9.20 Å². The molecule has 0 saturated carbocycles. The summed E-state index contributed by atoms with van der Waals surface area (Å²) < 4.78 is 27.5. The molecule has 0 saturated heterocycles. The van der Waals surface area contributed by atoms with Crippen molar-refractivity contribution in [2.75, 3.05) is 6.54 Å². The monoisotopic (exact) mass is 360 g/mol. The molecular formula is C13H16N2O2S4. The molecule has 2 rings (SSSR count). The van der Waals surface area contributed by atoms with Gasteiger partial charge in [-0.1, -0.05) is 32.1 Å². The Bertz CT molecular complexity index is 730. The third-order valence-corrected chi connectivity index (χ3v) is 7.58.